The minimum absolute atomic E-state index is 0.201. The molecule has 0 aliphatic rings. The van der Waals surface area contributed by atoms with Crippen LogP contribution in [0.15, 0.2) is 12.1 Å². The summed E-state index contributed by atoms with van der Waals surface area (Å²) in [4.78, 5) is 5.36. The smallest absolute Gasteiger partial charge is 0.390 e. The molecule has 0 fully saturated rings. The molecule has 0 atom stereocenters. The highest BCUT2D eigenvalue weighted by atomic mass is 19.4. The van der Waals surface area contributed by atoms with Crippen molar-refractivity contribution in [1.29, 1.82) is 0 Å². The van der Waals surface area contributed by atoms with E-state index < -0.39 is 12.6 Å². The van der Waals surface area contributed by atoms with Gasteiger partial charge >= 0.3 is 6.18 Å². The zero-order chi connectivity index (χ0) is 13.1. The summed E-state index contributed by atoms with van der Waals surface area (Å²) >= 11 is 0. The van der Waals surface area contributed by atoms with Gasteiger partial charge in [-0.3, -0.25) is 0 Å². The number of alkyl halides is 3. The predicted molar refractivity (Wildman–Crippen MR) is 59.1 cm³/mol. The van der Waals surface area contributed by atoms with Crippen LogP contribution in [0.5, 0.6) is 5.88 Å². The molecule has 1 rings (SSSR count). The summed E-state index contributed by atoms with van der Waals surface area (Å²) in [6.45, 7) is -0.201. The Hall–Kier alpha value is -1.66. The number of hydrogen-bond acceptors (Lipinski definition) is 4. The number of nitrogens with two attached hydrogens (primary N) is 1. The number of nitrogen functional groups attached to an aromatic ring is 1. The van der Waals surface area contributed by atoms with Crippen LogP contribution >= 0.6 is 0 Å². The van der Waals surface area contributed by atoms with Gasteiger partial charge in [0.05, 0.1) is 19.2 Å². The van der Waals surface area contributed by atoms with Crippen molar-refractivity contribution in [3.8, 4) is 5.88 Å². The molecule has 1 heterocycles. The van der Waals surface area contributed by atoms with Crippen molar-refractivity contribution >= 4 is 11.5 Å². The fourth-order valence-electron chi connectivity index (χ4n) is 1.26. The van der Waals surface area contributed by atoms with Gasteiger partial charge in [0.15, 0.2) is 5.82 Å². The number of halogens is 3. The number of ether oxygens (including phenoxy) is 1. The first-order valence-electron chi connectivity index (χ1n) is 4.92. The van der Waals surface area contributed by atoms with Crippen LogP contribution in [0.3, 0.4) is 0 Å². The normalized spacial score (nSPS) is 11.4. The van der Waals surface area contributed by atoms with Crippen LogP contribution in [0.4, 0.5) is 24.7 Å². The number of aromatic nitrogens is 1. The number of methoxy groups -OCH3 is 1. The lowest BCUT2D eigenvalue weighted by Gasteiger charge is -2.20. The van der Waals surface area contributed by atoms with Crippen molar-refractivity contribution in [3.63, 3.8) is 0 Å². The molecule has 0 radical (unpaired) electrons. The molecular formula is C10H14F3N3O. The van der Waals surface area contributed by atoms with Crippen LogP contribution < -0.4 is 15.4 Å². The average molecular weight is 249 g/mol. The van der Waals surface area contributed by atoms with Gasteiger partial charge in [-0.1, -0.05) is 0 Å². The van der Waals surface area contributed by atoms with Gasteiger partial charge in [-0.15, -0.1) is 0 Å². The van der Waals surface area contributed by atoms with Crippen LogP contribution in [-0.2, 0) is 0 Å². The van der Waals surface area contributed by atoms with Gasteiger partial charge in [0.1, 0.15) is 0 Å². The summed E-state index contributed by atoms with van der Waals surface area (Å²) in [6.07, 6.45) is -5.11. The SMILES string of the molecule is COc1ccc(N)c(N(C)CCC(F)(F)F)n1. The maximum Gasteiger partial charge on any atom is 0.390 e. The molecule has 0 aromatic carbocycles. The van der Waals surface area contributed by atoms with Crippen LogP contribution in [0.25, 0.3) is 0 Å². The molecule has 0 amide bonds. The summed E-state index contributed by atoms with van der Waals surface area (Å²) in [5, 5.41) is 0. The lowest BCUT2D eigenvalue weighted by Crippen LogP contribution is -2.25. The largest absolute Gasteiger partial charge is 0.481 e. The van der Waals surface area contributed by atoms with E-state index in [0.717, 1.165) is 0 Å². The summed E-state index contributed by atoms with van der Waals surface area (Å²) in [5.74, 6) is 0.599. The Morgan fingerprint density at radius 3 is 2.59 bits per heavy atom. The zero-order valence-corrected chi connectivity index (χ0v) is 9.58. The molecule has 0 aliphatic heterocycles. The van der Waals surface area contributed by atoms with Crippen molar-refractivity contribution in [2.24, 2.45) is 0 Å². The molecule has 0 saturated heterocycles. The topological polar surface area (TPSA) is 51.4 Å². The number of nitrogens with zero attached hydrogens (tertiary/aromatic N) is 2. The highest BCUT2D eigenvalue weighted by Gasteiger charge is 2.27. The fraction of sp³-hybridized carbons (Fsp3) is 0.500. The quantitative estimate of drug-likeness (QED) is 0.887. The molecule has 0 aliphatic carbocycles. The third-order valence-corrected chi connectivity index (χ3v) is 2.18. The maximum absolute atomic E-state index is 12.1. The Bertz CT molecular complexity index is 382. The molecule has 17 heavy (non-hydrogen) atoms. The van der Waals surface area contributed by atoms with E-state index in [9.17, 15) is 13.2 Å². The maximum atomic E-state index is 12.1. The molecule has 7 heteroatoms. The zero-order valence-electron chi connectivity index (χ0n) is 9.58. The standard InChI is InChI=1S/C10H14F3N3O/c1-16(6-5-10(11,12)13)9-7(14)3-4-8(15-9)17-2/h3-4H,5-6,14H2,1-2H3. The van der Waals surface area contributed by atoms with E-state index in [2.05, 4.69) is 4.98 Å². The minimum Gasteiger partial charge on any atom is -0.481 e. The molecule has 2 N–H and O–H groups in total. The first kappa shape index (κ1) is 13.4. The summed E-state index contributed by atoms with van der Waals surface area (Å²) < 4.78 is 41.1. The van der Waals surface area contributed by atoms with Gasteiger partial charge in [-0.05, 0) is 6.07 Å². The number of anilines is 2. The Balaban J connectivity index is 2.77. The highest BCUT2D eigenvalue weighted by molar-refractivity contribution is 5.63. The van der Waals surface area contributed by atoms with Crippen LogP contribution in [0.2, 0.25) is 0 Å². The van der Waals surface area contributed by atoms with Crippen molar-refractivity contribution < 1.29 is 17.9 Å². The van der Waals surface area contributed by atoms with Crippen molar-refractivity contribution in [2.75, 3.05) is 31.3 Å². The Labute approximate surface area is 97.2 Å². The Kier molecular flexibility index (Phi) is 4.03. The van der Waals surface area contributed by atoms with Gasteiger partial charge < -0.3 is 15.4 Å². The number of pyridine rings is 1. The molecule has 4 nitrogen and oxygen atoms in total. The van der Waals surface area contributed by atoms with Crippen molar-refractivity contribution in [3.05, 3.63) is 12.1 Å². The molecular weight excluding hydrogens is 235 g/mol. The molecule has 0 bridgehead atoms. The van der Waals surface area contributed by atoms with Crippen molar-refractivity contribution in [1.82, 2.24) is 4.98 Å². The molecule has 96 valence electrons. The molecule has 0 unspecified atom stereocenters. The van der Waals surface area contributed by atoms with Gasteiger partial charge in [-0.25, -0.2) is 0 Å². The lowest BCUT2D eigenvalue weighted by atomic mass is 10.3. The third-order valence-electron chi connectivity index (χ3n) is 2.18. The van der Waals surface area contributed by atoms with Crippen LogP contribution in [0, 0.1) is 0 Å². The second-order valence-corrected chi connectivity index (χ2v) is 3.55. The Morgan fingerprint density at radius 2 is 2.06 bits per heavy atom. The number of rotatable bonds is 4. The van der Waals surface area contributed by atoms with Gasteiger partial charge in [0.25, 0.3) is 0 Å². The molecule has 1 aromatic heterocycles. The van der Waals surface area contributed by atoms with Crippen LogP contribution in [-0.4, -0.2) is 31.9 Å². The Morgan fingerprint density at radius 1 is 1.41 bits per heavy atom. The average Bonchev–Trinajstić information content (AvgIpc) is 2.25. The van der Waals surface area contributed by atoms with E-state index in [-0.39, 0.29) is 12.4 Å². The van der Waals surface area contributed by atoms with E-state index in [1.807, 2.05) is 0 Å². The monoisotopic (exact) mass is 249 g/mol. The van der Waals surface area contributed by atoms with Crippen molar-refractivity contribution in [2.45, 2.75) is 12.6 Å². The van der Waals surface area contributed by atoms with E-state index in [4.69, 9.17) is 10.5 Å². The van der Waals surface area contributed by atoms with E-state index >= 15 is 0 Å². The van der Waals surface area contributed by atoms with E-state index in [1.54, 1.807) is 12.1 Å². The second-order valence-electron chi connectivity index (χ2n) is 3.55. The lowest BCUT2D eigenvalue weighted by molar-refractivity contribution is -0.132. The second kappa shape index (κ2) is 5.11. The summed E-state index contributed by atoms with van der Waals surface area (Å²) in [7, 11) is 2.93. The molecule has 0 spiro atoms. The third kappa shape index (κ3) is 4.01. The minimum atomic E-state index is -4.19. The van der Waals surface area contributed by atoms with Gasteiger partial charge in [0, 0.05) is 19.7 Å². The summed E-state index contributed by atoms with van der Waals surface area (Å²) in [5.41, 5.74) is 5.96. The van der Waals surface area contributed by atoms with Gasteiger partial charge in [-0.2, -0.15) is 18.2 Å². The van der Waals surface area contributed by atoms with Gasteiger partial charge in [0.2, 0.25) is 5.88 Å². The molecule has 1 aromatic rings. The van der Waals surface area contributed by atoms with E-state index in [1.165, 1.54) is 19.1 Å². The molecule has 0 saturated carbocycles. The predicted octanol–water partition coefficient (Wildman–Crippen LogP) is 2.06. The first-order chi connectivity index (χ1) is 7.83. The van der Waals surface area contributed by atoms with Crippen LogP contribution in [0.1, 0.15) is 6.42 Å². The highest BCUT2D eigenvalue weighted by Crippen LogP contribution is 2.25. The fourth-order valence-corrected chi connectivity index (χ4v) is 1.26. The summed E-state index contributed by atoms with van der Waals surface area (Å²) in [6, 6.07) is 3.10. The number of hydrogen-bond donors (Lipinski definition) is 1. The first-order valence-corrected chi connectivity index (χ1v) is 4.92. The van der Waals surface area contributed by atoms with E-state index in [0.29, 0.717) is 11.6 Å².